The standard InChI is InChI=1S/C16H23N5O/c1-11-8-18-13(9-17-11)10-21-7-5-6-14(21)15-12(2)19-20(3)16(15)22-4/h8-9,14H,5-7,10H2,1-4H3/t14-/m0/s1. The van der Waals surface area contributed by atoms with Crippen LogP contribution in [0.5, 0.6) is 5.88 Å². The Labute approximate surface area is 131 Å². The smallest absolute Gasteiger partial charge is 0.216 e. The molecule has 3 rings (SSSR count). The largest absolute Gasteiger partial charge is 0.481 e. The van der Waals surface area contributed by atoms with Gasteiger partial charge in [0, 0.05) is 32.0 Å². The molecule has 6 heteroatoms. The molecule has 0 saturated carbocycles. The first kappa shape index (κ1) is 15.0. The third kappa shape index (κ3) is 2.70. The van der Waals surface area contributed by atoms with Gasteiger partial charge in [0.1, 0.15) is 0 Å². The highest BCUT2D eigenvalue weighted by Crippen LogP contribution is 2.39. The second-order valence-electron chi connectivity index (χ2n) is 5.91. The van der Waals surface area contributed by atoms with Gasteiger partial charge < -0.3 is 4.74 Å². The van der Waals surface area contributed by atoms with Crippen LogP contribution in [0.3, 0.4) is 0 Å². The minimum atomic E-state index is 0.340. The number of likely N-dealkylation sites (tertiary alicyclic amines) is 1. The number of methoxy groups -OCH3 is 1. The molecule has 0 bridgehead atoms. The molecule has 0 N–H and O–H groups in total. The fourth-order valence-electron chi connectivity index (χ4n) is 3.33. The maximum Gasteiger partial charge on any atom is 0.216 e. The first-order valence-corrected chi connectivity index (χ1v) is 7.69. The summed E-state index contributed by atoms with van der Waals surface area (Å²) in [5.41, 5.74) is 4.22. The lowest BCUT2D eigenvalue weighted by Crippen LogP contribution is -2.24. The Morgan fingerprint density at radius 3 is 2.77 bits per heavy atom. The van der Waals surface area contributed by atoms with E-state index >= 15 is 0 Å². The Bertz CT molecular complexity index is 649. The van der Waals surface area contributed by atoms with Gasteiger partial charge in [0.2, 0.25) is 5.88 Å². The van der Waals surface area contributed by atoms with Crippen LogP contribution in [0.15, 0.2) is 12.4 Å². The highest BCUT2D eigenvalue weighted by Gasteiger charge is 2.32. The number of nitrogens with zero attached hydrogens (tertiary/aromatic N) is 5. The van der Waals surface area contributed by atoms with Crippen LogP contribution in [0.2, 0.25) is 0 Å². The van der Waals surface area contributed by atoms with Gasteiger partial charge in [-0.3, -0.25) is 14.9 Å². The maximum atomic E-state index is 5.57. The third-order valence-electron chi connectivity index (χ3n) is 4.30. The molecular weight excluding hydrogens is 278 g/mol. The van der Waals surface area contributed by atoms with E-state index in [1.54, 1.807) is 7.11 Å². The second-order valence-corrected chi connectivity index (χ2v) is 5.91. The molecule has 1 atom stereocenters. The Kier molecular flexibility index (Phi) is 4.11. The van der Waals surface area contributed by atoms with Crippen LogP contribution >= 0.6 is 0 Å². The van der Waals surface area contributed by atoms with E-state index in [1.807, 2.05) is 31.0 Å². The van der Waals surface area contributed by atoms with E-state index in [2.05, 4.69) is 26.9 Å². The van der Waals surface area contributed by atoms with Gasteiger partial charge in [0.25, 0.3) is 0 Å². The molecule has 0 aromatic carbocycles. The van der Waals surface area contributed by atoms with E-state index in [9.17, 15) is 0 Å². The zero-order chi connectivity index (χ0) is 15.7. The van der Waals surface area contributed by atoms with Crippen molar-refractivity contribution in [1.29, 1.82) is 0 Å². The Morgan fingerprint density at radius 1 is 1.27 bits per heavy atom. The predicted octanol–water partition coefficient (Wildman–Crippen LogP) is 2.17. The lowest BCUT2D eigenvalue weighted by atomic mass is 10.0. The number of aromatic nitrogens is 4. The van der Waals surface area contributed by atoms with E-state index in [0.717, 1.165) is 42.5 Å². The quantitative estimate of drug-likeness (QED) is 0.866. The van der Waals surface area contributed by atoms with Crippen molar-refractivity contribution in [2.45, 2.75) is 39.3 Å². The van der Waals surface area contributed by atoms with Crippen molar-refractivity contribution < 1.29 is 4.74 Å². The molecule has 1 saturated heterocycles. The van der Waals surface area contributed by atoms with Crippen LogP contribution in [0.1, 0.15) is 41.5 Å². The molecule has 118 valence electrons. The van der Waals surface area contributed by atoms with Crippen LogP contribution in [-0.2, 0) is 13.6 Å². The Morgan fingerprint density at radius 2 is 2.09 bits per heavy atom. The van der Waals surface area contributed by atoms with Crippen LogP contribution in [0.4, 0.5) is 0 Å². The first-order valence-electron chi connectivity index (χ1n) is 7.69. The fraction of sp³-hybridized carbons (Fsp3) is 0.562. The van der Waals surface area contributed by atoms with Gasteiger partial charge in [-0.1, -0.05) is 0 Å². The number of rotatable bonds is 4. The van der Waals surface area contributed by atoms with Gasteiger partial charge in [0.05, 0.1) is 29.8 Å². The van der Waals surface area contributed by atoms with Gasteiger partial charge in [-0.15, -0.1) is 0 Å². The van der Waals surface area contributed by atoms with Crippen molar-refractivity contribution >= 4 is 0 Å². The minimum Gasteiger partial charge on any atom is -0.481 e. The zero-order valence-corrected chi connectivity index (χ0v) is 13.7. The first-order chi connectivity index (χ1) is 10.6. The van der Waals surface area contributed by atoms with Crippen LogP contribution in [0, 0.1) is 13.8 Å². The lowest BCUT2D eigenvalue weighted by Gasteiger charge is -2.24. The molecule has 0 unspecified atom stereocenters. The molecule has 0 spiro atoms. The van der Waals surface area contributed by atoms with Crippen molar-refractivity contribution in [3.63, 3.8) is 0 Å². The minimum absolute atomic E-state index is 0.340. The van der Waals surface area contributed by atoms with Gasteiger partial charge >= 0.3 is 0 Å². The van der Waals surface area contributed by atoms with Gasteiger partial charge in [-0.05, 0) is 33.2 Å². The Hall–Kier alpha value is -1.95. The molecule has 3 heterocycles. The van der Waals surface area contributed by atoms with Gasteiger partial charge in [-0.2, -0.15) is 5.10 Å². The molecule has 6 nitrogen and oxygen atoms in total. The summed E-state index contributed by atoms with van der Waals surface area (Å²) < 4.78 is 7.40. The molecule has 1 aliphatic heterocycles. The molecule has 0 amide bonds. The number of aryl methyl sites for hydroxylation is 3. The number of hydrogen-bond acceptors (Lipinski definition) is 5. The van der Waals surface area contributed by atoms with Crippen LogP contribution < -0.4 is 4.74 Å². The summed E-state index contributed by atoms with van der Waals surface area (Å²) in [7, 11) is 3.64. The summed E-state index contributed by atoms with van der Waals surface area (Å²) in [6.07, 6.45) is 6.01. The summed E-state index contributed by atoms with van der Waals surface area (Å²) in [5.74, 6) is 0.865. The molecule has 22 heavy (non-hydrogen) atoms. The van der Waals surface area contributed by atoms with E-state index in [-0.39, 0.29) is 0 Å². The fourth-order valence-corrected chi connectivity index (χ4v) is 3.33. The van der Waals surface area contributed by atoms with E-state index in [1.165, 1.54) is 12.0 Å². The van der Waals surface area contributed by atoms with Crippen molar-refractivity contribution in [2.75, 3.05) is 13.7 Å². The SMILES string of the molecule is COc1c([C@@H]2CCCN2Cc2cnc(C)cn2)c(C)nn1C. The molecular formula is C16H23N5O. The molecule has 2 aromatic rings. The van der Waals surface area contributed by atoms with E-state index in [0.29, 0.717) is 6.04 Å². The summed E-state index contributed by atoms with van der Waals surface area (Å²) in [4.78, 5) is 11.3. The average molecular weight is 301 g/mol. The topological polar surface area (TPSA) is 56.1 Å². The van der Waals surface area contributed by atoms with E-state index < -0.39 is 0 Å². The molecule has 1 fully saturated rings. The molecule has 0 aliphatic carbocycles. The normalized spacial score (nSPS) is 18.8. The predicted molar refractivity (Wildman–Crippen MR) is 83.7 cm³/mol. The van der Waals surface area contributed by atoms with Crippen molar-refractivity contribution in [2.24, 2.45) is 7.05 Å². The Balaban J connectivity index is 1.86. The third-order valence-corrected chi connectivity index (χ3v) is 4.30. The van der Waals surface area contributed by atoms with Crippen LogP contribution in [0.25, 0.3) is 0 Å². The highest BCUT2D eigenvalue weighted by molar-refractivity contribution is 5.35. The summed E-state index contributed by atoms with van der Waals surface area (Å²) in [6, 6.07) is 0.340. The van der Waals surface area contributed by atoms with Crippen molar-refractivity contribution in [3.05, 3.63) is 35.0 Å². The molecule has 1 aliphatic rings. The summed E-state index contributed by atoms with van der Waals surface area (Å²) in [5, 5.41) is 4.52. The zero-order valence-electron chi connectivity index (χ0n) is 13.7. The number of ether oxygens (including phenoxy) is 1. The molecule has 2 aromatic heterocycles. The van der Waals surface area contributed by atoms with E-state index in [4.69, 9.17) is 4.74 Å². The van der Waals surface area contributed by atoms with Crippen molar-refractivity contribution in [1.82, 2.24) is 24.6 Å². The van der Waals surface area contributed by atoms with Gasteiger partial charge in [0.15, 0.2) is 0 Å². The summed E-state index contributed by atoms with van der Waals surface area (Å²) >= 11 is 0. The van der Waals surface area contributed by atoms with Gasteiger partial charge in [-0.25, -0.2) is 4.68 Å². The lowest BCUT2D eigenvalue weighted by molar-refractivity contribution is 0.238. The highest BCUT2D eigenvalue weighted by atomic mass is 16.5. The molecule has 0 radical (unpaired) electrons. The maximum absolute atomic E-state index is 5.57. The van der Waals surface area contributed by atoms with Crippen LogP contribution in [-0.4, -0.2) is 38.3 Å². The summed E-state index contributed by atoms with van der Waals surface area (Å²) in [6.45, 7) is 5.90. The second kappa shape index (κ2) is 6.04. The number of hydrogen-bond donors (Lipinski definition) is 0. The monoisotopic (exact) mass is 301 g/mol. The van der Waals surface area contributed by atoms with Crippen molar-refractivity contribution in [3.8, 4) is 5.88 Å². The average Bonchev–Trinajstić information content (AvgIpc) is 3.04.